The van der Waals surface area contributed by atoms with Crippen LogP contribution in [-0.4, -0.2) is 50.3 Å². The summed E-state index contributed by atoms with van der Waals surface area (Å²) in [4.78, 5) is 2.59. The van der Waals surface area contributed by atoms with Crippen LogP contribution < -0.4 is 5.73 Å². The molecule has 106 valence electrons. The van der Waals surface area contributed by atoms with Crippen LogP contribution in [0.2, 0.25) is 0 Å². The van der Waals surface area contributed by atoms with Crippen molar-refractivity contribution in [1.29, 1.82) is 0 Å². The number of hydrogen-bond acceptors (Lipinski definition) is 4. The molecule has 2 rings (SSSR count). The number of sulfonamides is 1. The maximum atomic E-state index is 12.5. The molecular weight excluding hydrogens is 262 g/mol. The van der Waals surface area contributed by atoms with Gasteiger partial charge in [-0.2, -0.15) is 4.31 Å². The highest BCUT2D eigenvalue weighted by Gasteiger charge is 2.28. The molecule has 0 unspecified atom stereocenters. The van der Waals surface area contributed by atoms with Crippen molar-refractivity contribution in [3.8, 4) is 0 Å². The first kappa shape index (κ1) is 14.3. The molecule has 0 saturated carbocycles. The van der Waals surface area contributed by atoms with E-state index in [-0.39, 0.29) is 4.90 Å². The Morgan fingerprint density at radius 3 is 2.47 bits per heavy atom. The Bertz CT molecular complexity index is 522. The van der Waals surface area contributed by atoms with Crippen LogP contribution in [0.4, 0.5) is 5.69 Å². The first-order chi connectivity index (χ1) is 9.04. The van der Waals surface area contributed by atoms with Gasteiger partial charge in [-0.3, -0.25) is 0 Å². The summed E-state index contributed by atoms with van der Waals surface area (Å²) in [6.45, 7) is 5.88. The van der Waals surface area contributed by atoms with Crippen LogP contribution in [0.25, 0.3) is 0 Å². The van der Waals surface area contributed by atoms with Gasteiger partial charge in [0, 0.05) is 31.9 Å². The number of benzene rings is 1. The second-order valence-electron chi connectivity index (χ2n) is 4.82. The quantitative estimate of drug-likeness (QED) is 0.837. The van der Waals surface area contributed by atoms with Gasteiger partial charge < -0.3 is 10.6 Å². The number of nitrogens with two attached hydrogens (primary N) is 1. The zero-order chi connectivity index (χ0) is 13.9. The summed E-state index contributed by atoms with van der Waals surface area (Å²) in [5.41, 5.74) is 6.13. The van der Waals surface area contributed by atoms with Gasteiger partial charge >= 0.3 is 0 Å². The van der Waals surface area contributed by atoms with Gasteiger partial charge in [-0.25, -0.2) is 8.42 Å². The molecule has 0 amide bonds. The largest absolute Gasteiger partial charge is 0.399 e. The number of nitrogen functional groups attached to an aromatic ring is 1. The van der Waals surface area contributed by atoms with Crippen LogP contribution in [0, 0.1) is 0 Å². The summed E-state index contributed by atoms with van der Waals surface area (Å²) in [6, 6.07) is 6.49. The lowest BCUT2D eigenvalue weighted by molar-refractivity contribution is 0.188. The fraction of sp³-hybridized carbons (Fsp3) is 0.538. The minimum absolute atomic E-state index is 0.288. The van der Waals surface area contributed by atoms with Gasteiger partial charge in [-0.15, -0.1) is 0 Å². The molecule has 0 atom stereocenters. The lowest BCUT2D eigenvalue weighted by Gasteiger charge is -2.33. The molecule has 1 saturated heterocycles. The lowest BCUT2D eigenvalue weighted by atomic mass is 10.3. The maximum absolute atomic E-state index is 12.5. The third-order valence-electron chi connectivity index (χ3n) is 3.37. The Hall–Kier alpha value is -1.11. The van der Waals surface area contributed by atoms with Crippen LogP contribution in [0.1, 0.15) is 13.3 Å². The standard InChI is InChI=1S/C13H21N3O2S/c1-2-6-15-7-9-16(10-8-15)19(17,18)13-5-3-4-12(14)11-13/h3-5,11H,2,6-10,14H2,1H3. The van der Waals surface area contributed by atoms with Gasteiger partial charge in [-0.1, -0.05) is 13.0 Å². The summed E-state index contributed by atoms with van der Waals surface area (Å²) in [7, 11) is -3.40. The van der Waals surface area contributed by atoms with Crippen LogP contribution in [-0.2, 0) is 10.0 Å². The van der Waals surface area contributed by atoms with Gasteiger partial charge in [-0.05, 0) is 31.2 Å². The minimum Gasteiger partial charge on any atom is -0.399 e. The highest BCUT2D eigenvalue weighted by Crippen LogP contribution is 2.19. The van der Waals surface area contributed by atoms with Crippen molar-refractivity contribution in [3.05, 3.63) is 24.3 Å². The van der Waals surface area contributed by atoms with E-state index in [1.54, 1.807) is 22.5 Å². The molecule has 1 fully saturated rings. The fourth-order valence-corrected chi connectivity index (χ4v) is 3.81. The van der Waals surface area contributed by atoms with Gasteiger partial charge in [0.2, 0.25) is 10.0 Å². The Morgan fingerprint density at radius 1 is 1.21 bits per heavy atom. The smallest absolute Gasteiger partial charge is 0.243 e. The molecule has 1 aliphatic rings. The second kappa shape index (κ2) is 5.90. The molecular formula is C13H21N3O2S. The van der Waals surface area contributed by atoms with Gasteiger partial charge in [0.05, 0.1) is 4.90 Å². The van der Waals surface area contributed by atoms with Crippen molar-refractivity contribution < 1.29 is 8.42 Å². The first-order valence-electron chi connectivity index (χ1n) is 6.62. The van der Waals surface area contributed by atoms with E-state index >= 15 is 0 Å². The molecule has 0 aromatic heterocycles. The number of hydrogen-bond donors (Lipinski definition) is 1. The van der Waals surface area contributed by atoms with Gasteiger partial charge in [0.25, 0.3) is 0 Å². The van der Waals surface area contributed by atoms with Crippen LogP contribution in [0.15, 0.2) is 29.2 Å². The van der Waals surface area contributed by atoms with E-state index in [9.17, 15) is 8.42 Å². The van der Waals surface area contributed by atoms with Crippen molar-refractivity contribution in [2.24, 2.45) is 0 Å². The van der Waals surface area contributed by atoms with Crippen LogP contribution in [0.5, 0.6) is 0 Å². The predicted octanol–water partition coefficient (Wildman–Crippen LogP) is 0.985. The van der Waals surface area contributed by atoms with E-state index in [1.807, 2.05) is 0 Å². The van der Waals surface area contributed by atoms with E-state index in [4.69, 9.17) is 5.73 Å². The number of anilines is 1. The number of rotatable bonds is 4. The second-order valence-corrected chi connectivity index (χ2v) is 6.76. The van der Waals surface area contributed by atoms with Crippen molar-refractivity contribution >= 4 is 15.7 Å². The molecule has 5 nitrogen and oxygen atoms in total. The monoisotopic (exact) mass is 283 g/mol. The summed E-state index contributed by atoms with van der Waals surface area (Å²) in [6.07, 6.45) is 1.10. The van der Waals surface area contributed by atoms with Crippen molar-refractivity contribution in [2.75, 3.05) is 38.5 Å². The highest BCUT2D eigenvalue weighted by atomic mass is 32.2. The van der Waals surface area contributed by atoms with Crippen molar-refractivity contribution in [3.63, 3.8) is 0 Å². The Balaban J connectivity index is 2.10. The highest BCUT2D eigenvalue weighted by molar-refractivity contribution is 7.89. The maximum Gasteiger partial charge on any atom is 0.243 e. The lowest BCUT2D eigenvalue weighted by Crippen LogP contribution is -2.48. The molecule has 19 heavy (non-hydrogen) atoms. The van der Waals surface area contributed by atoms with Crippen molar-refractivity contribution in [2.45, 2.75) is 18.2 Å². The number of nitrogens with zero attached hydrogens (tertiary/aromatic N) is 2. The molecule has 1 heterocycles. The Kier molecular flexibility index (Phi) is 4.44. The topological polar surface area (TPSA) is 66.6 Å². The molecule has 1 aliphatic heterocycles. The van der Waals surface area contributed by atoms with E-state index in [0.29, 0.717) is 18.8 Å². The van der Waals surface area contributed by atoms with Crippen LogP contribution in [0.3, 0.4) is 0 Å². The van der Waals surface area contributed by atoms with E-state index in [1.165, 1.54) is 6.07 Å². The summed E-state index contributed by atoms with van der Waals surface area (Å²) < 4.78 is 26.5. The predicted molar refractivity (Wildman–Crippen MR) is 76.3 cm³/mol. The molecule has 0 aliphatic carbocycles. The molecule has 1 aromatic rings. The first-order valence-corrected chi connectivity index (χ1v) is 8.06. The fourth-order valence-electron chi connectivity index (χ4n) is 2.33. The third kappa shape index (κ3) is 3.26. The zero-order valence-corrected chi connectivity index (χ0v) is 12.1. The van der Waals surface area contributed by atoms with Gasteiger partial charge in [0.1, 0.15) is 0 Å². The molecule has 0 spiro atoms. The Labute approximate surface area is 115 Å². The van der Waals surface area contributed by atoms with E-state index in [0.717, 1.165) is 26.1 Å². The van der Waals surface area contributed by atoms with Crippen molar-refractivity contribution in [1.82, 2.24) is 9.21 Å². The SMILES string of the molecule is CCCN1CCN(S(=O)(=O)c2cccc(N)c2)CC1. The molecule has 6 heteroatoms. The average Bonchev–Trinajstić information content (AvgIpc) is 2.40. The average molecular weight is 283 g/mol. The molecule has 0 bridgehead atoms. The Morgan fingerprint density at radius 2 is 1.89 bits per heavy atom. The van der Waals surface area contributed by atoms with E-state index < -0.39 is 10.0 Å². The number of piperazine rings is 1. The molecule has 2 N–H and O–H groups in total. The molecule has 0 radical (unpaired) electrons. The molecule has 1 aromatic carbocycles. The van der Waals surface area contributed by atoms with E-state index in [2.05, 4.69) is 11.8 Å². The summed E-state index contributed by atoms with van der Waals surface area (Å²) >= 11 is 0. The minimum atomic E-state index is -3.40. The normalized spacial score (nSPS) is 18.6. The van der Waals surface area contributed by atoms with Gasteiger partial charge in [0.15, 0.2) is 0 Å². The summed E-state index contributed by atoms with van der Waals surface area (Å²) in [5.74, 6) is 0. The zero-order valence-electron chi connectivity index (χ0n) is 11.2. The third-order valence-corrected chi connectivity index (χ3v) is 5.26. The summed E-state index contributed by atoms with van der Waals surface area (Å²) in [5, 5.41) is 0. The van der Waals surface area contributed by atoms with Crippen LogP contribution >= 0.6 is 0 Å².